The van der Waals surface area contributed by atoms with E-state index in [-0.39, 0.29) is 17.8 Å². The van der Waals surface area contributed by atoms with Crippen LogP contribution in [0.15, 0.2) is 90.3 Å². The molecule has 3 amide bonds. The molecule has 0 fully saturated rings. The largest absolute Gasteiger partial charge is 0.494 e. The number of unbranched alkanes of at least 4 members (excludes halogenated alkanes) is 4. The van der Waals surface area contributed by atoms with Gasteiger partial charge in [-0.1, -0.05) is 102 Å². The van der Waals surface area contributed by atoms with Gasteiger partial charge in [0.1, 0.15) is 17.8 Å². The van der Waals surface area contributed by atoms with E-state index in [4.69, 9.17) is 16.4 Å². The molecule has 0 aliphatic heterocycles. The second kappa shape index (κ2) is 21.1. The van der Waals surface area contributed by atoms with Crippen molar-refractivity contribution >= 4 is 29.7 Å². The first-order chi connectivity index (χ1) is 27.3. The number of carbonyl (C=O) groups is 4. The van der Waals surface area contributed by atoms with Crippen LogP contribution in [0.3, 0.4) is 0 Å². The third-order valence-corrected chi connectivity index (χ3v) is 9.17. The van der Waals surface area contributed by atoms with Crippen molar-refractivity contribution in [3.8, 4) is 28.3 Å². The maximum Gasteiger partial charge on any atom is 0.326 e. The number of nitrogens with zero attached hydrogens (tertiary/aromatic N) is 3. The van der Waals surface area contributed by atoms with Crippen molar-refractivity contribution < 1.29 is 29.0 Å². The molecule has 1 unspecified atom stereocenters. The molecule has 4 rings (SSSR count). The Labute approximate surface area is 333 Å². The Balaban J connectivity index is 1.46. The molecule has 4 aromatic rings. The van der Waals surface area contributed by atoms with E-state index in [0.717, 1.165) is 34.4 Å². The number of hydrogen-bond acceptors (Lipinski definition) is 10. The normalized spacial score (nSPS) is 12.5. The molecule has 1 aromatic heterocycles. The van der Waals surface area contributed by atoms with Gasteiger partial charge in [-0.3, -0.25) is 25.1 Å². The van der Waals surface area contributed by atoms with Gasteiger partial charge in [0.15, 0.2) is 5.82 Å². The number of rotatable bonds is 18. The maximum atomic E-state index is 13.7. The summed E-state index contributed by atoms with van der Waals surface area (Å²) in [7, 11) is 0. The van der Waals surface area contributed by atoms with Gasteiger partial charge >= 0.3 is 5.97 Å². The Morgan fingerprint density at radius 1 is 0.807 bits per heavy atom. The fourth-order valence-electron chi connectivity index (χ4n) is 5.81. The lowest BCUT2D eigenvalue weighted by Crippen LogP contribution is -2.54. The molecule has 9 N–H and O–H groups in total. The summed E-state index contributed by atoms with van der Waals surface area (Å²) in [5.41, 5.74) is 6.43. The van der Waals surface area contributed by atoms with Crippen LogP contribution in [-0.4, -0.2) is 63.4 Å². The number of guanidine groups is 1. The zero-order valence-corrected chi connectivity index (χ0v) is 32.9. The molecule has 15 heteroatoms. The quantitative estimate of drug-likeness (QED) is 0.0243. The van der Waals surface area contributed by atoms with Gasteiger partial charge in [0.2, 0.25) is 17.8 Å². The predicted octanol–water partition coefficient (Wildman–Crippen LogP) is 4.57. The molecule has 0 aliphatic rings. The third-order valence-electron chi connectivity index (χ3n) is 9.17. The predicted molar refractivity (Wildman–Crippen MR) is 219 cm³/mol. The summed E-state index contributed by atoms with van der Waals surface area (Å²) in [5.74, 6) is 7.71. The summed E-state index contributed by atoms with van der Waals surface area (Å²) in [6.45, 7) is 9.05. The molecule has 0 saturated carbocycles. The van der Waals surface area contributed by atoms with Crippen LogP contribution in [0, 0.1) is 0 Å². The zero-order valence-electron chi connectivity index (χ0n) is 32.9. The molecular formula is C42H53N9O6. The van der Waals surface area contributed by atoms with E-state index < -0.39 is 42.2 Å². The number of hydrogen-bond donors (Lipinski definition) is 7. The van der Waals surface area contributed by atoms with Gasteiger partial charge in [-0.25, -0.2) is 20.6 Å². The second-order valence-corrected chi connectivity index (χ2v) is 14.6. The number of nitrogens with one attached hydrogen (secondary N) is 4. The SMILES string of the molecule is CCCCCCCOc1ccc(-c2cnc(-c3ccc(CC(NC(=O)c4ccc(C(C)(C)C)cc4)C(=O)N[C@@H](CC(=O)N/C(=N/N)NN)C(=O)O)cc3)nc2)cc1. The minimum absolute atomic E-state index is 0.00407. The first kappa shape index (κ1) is 43.4. The van der Waals surface area contributed by atoms with E-state index in [1.54, 1.807) is 48.8 Å². The first-order valence-electron chi connectivity index (χ1n) is 18.9. The smallest absolute Gasteiger partial charge is 0.326 e. The zero-order chi connectivity index (χ0) is 41.4. The van der Waals surface area contributed by atoms with Crippen molar-refractivity contribution in [1.82, 2.24) is 31.3 Å². The number of amides is 3. The van der Waals surface area contributed by atoms with Crippen LogP contribution in [0.2, 0.25) is 0 Å². The van der Waals surface area contributed by atoms with Crippen molar-refractivity contribution in [2.24, 2.45) is 16.8 Å². The van der Waals surface area contributed by atoms with Gasteiger partial charge in [0, 0.05) is 35.5 Å². The van der Waals surface area contributed by atoms with Crippen molar-refractivity contribution in [1.29, 1.82) is 0 Å². The Morgan fingerprint density at radius 2 is 1.44 bits per heavy atom. The molecule has 1 heterocycles. The number of ether oxygens (including phenoxy) is 1. The second-order valence-electron chi connectivity index (χ2n) is 14.6. The van der Waals surface area contributed by atoms with E-state index in [1.165, 1.54) is 25.7 Å². The van der Waals surface area contributed by atoms with Gasteiger partial charge in [0.25, 0.3) is 5.91 Å². The molecule has 15 nitrogen and oxygen atoms in total. The van der Waals surface area contributed by atoms with Gasteiger partial charge in [-0.05, 0) is 52.8 Å². The summed E-state index contributed by atoms with van der Waals surface area (Å²) < 4.78 is 5.89. The Kier molecular flexibility index (Phi) is 16.0. The third kappa shape index (κ3) is 13.4. The van der Waals surface area contributed by atoms with Crippen LogP contribution < -0.4 is 37.8 Å². The average molecular weight is 780 g/mol. The van der Waals surface area contributed by atoms with Crippen LogP contribution in [0.1, 0.15) is 87.7 Å². The molecule has 3 aromatic carbocycles. The van der Waals surface area contributed by atoms with Crippen molar-refractivity contribution in [2.45, 2.75) is 90.1 Å². The number of aliphatic carboxylic acids is 1. The maximum absolute atomic E-state index is 13.7. The molecule has 302 valence electrons. The number of aromatic nitrogens is 2. The topological polar surface area (TPSA) is 236 Å². The summed E-state index contributed by atoms with van der Waals surface area (Å²) >= 11 is 0. The molecule has 0 bridgehead atoms. The highest BCUT2D eigenvalue weighted by atomic mass is 16.5. The Hall–Kier alpha value is -6.35. The number of benzene rings is 3. The lowest BCUT2D eigenvalue weighted by Gasteiger charge is -2.22. The van der Waals surface area contributed by atoms with Crippen molar-refractivity contribution in [2.75, 3.05) is 6.61 Å². The van der Waals surface area contributed by atoms with Crippen molar-refractivity contribution in [3.05, 3.63) is 102 Å². The average Bonchev–Trinajstić information content (AvgIpc) is 3.21. The number of nitrogens with two attached hydrogens (primary N) is 2. The van der Waals surface area contributed by atoms with Crippen LogP contribution in [0.5, 0.6) is 5.75 Å². The summed E-state index contributed by atoms with van der Waals surface area (Å²) in [5, 5.41) is 20.4. The van der Waals surface area contributed by atoms with E-state index in [2.05, 4.69) is 64.1 Å². The highest BCUT2D eigenvalue weighted by Gasteiger charge is 2.29. The van der Waals surface area contributed by atoms with Crippen LogP contribution in [-0.2, 0) is 26.2 Å². The molecule has 57 heavy (non-hydrogen) atoms. The van der Waals surface area contributed by atoms with Crippen molar-refractivity contribution in [3.63, 3.8) is 0 Å². The van der Waals surface area contributed by atoms with Gasteiger partial charge in [0.05, 0.1) is 13.0 Å². The number of carbonyl (C=O) groups excluding carboxylic acids is 3. The number of carboxylic acid groups (broad SMARTS) is 1. The van der Waals surface area contributed by atoms with Crippen LogP contribution in [0.4, 0.5) is 0 Å². The van der Waals surface area contributed by atoms with Crippen LogP contribution in [0.25, 0.3) is 22.5 Å². The minimum atomic E-state index is -1.65. The molecule has 0 radical (unpaired) electrons. The highest BCUT2D eigenvalue weighted by Crippen LogP contribution is 2.25. The molecule has 0 aliphatic carbocycles. The minimum Gasteiger partial charge on any atom is -0.494 e. The number of carboxylic acids is 1. The van der Waals surface area contributed by atoms with E-state index in [9.17, 15) is 24.3 Å². The van der Waals surface area contributed by atoms with Gasteiger partial charge < -0.3 is 26.3 Å². The molecule has 2 atom stereocenters. The highest BCUT2D eigenvalue weighted by molar-refractivity contribution is 6.00. The van der Waals surface area contributed by atoms with E-state index in [1.807, 2.05) is 36.4 Å². The molecule has 0 saturated heterocycles. The number of hydrazone groups is 1. The Bertz CT molecular complexity index is 1960. The fraction of sp³-hybridized carbons (Fsp3) is 0.357. The van der Waals surface area contributed by atoms with E-state index >= 15 is 0 Å². The van der Waals surface area contributed by atoms with Gasteiger partial charge in [-0.15, -0.1) is 5.10 Å². The van der Waals surface area contributed by atoms with Crippen LogP contribution >= 0.6 is 0 Å². The summed E-state index contributed by atoms with van der Waals surface area (Å²) in [6, 6.07) is 19.1. The first-order valence-corrected chi connectivity index (χ1v) is 18.9. The fourth-order valence-corrected chi connectivity index (χ4v) is 5.81. The summed E-state index contributed by atoms with van der Waals surface area (Å²) in [6.07, 6.45) is 8.72. The summed E-state index contributed by atoms with van der Waals surface area (Å²) in [4.78, 5) is 60.8. The lowest BCUT2D eigenvalue weighted by atomic mass is 9.86. The molecule has 0 spiro atoms. The molecular weight excluding hydrogens is 727 g/mol. The standard InChI is InChI=1S/C42H53N9O6/c1-5-6-7-8-9-22-57-33-20-16-28(17-21-33)31-25-45-37(46-26-31)29-12-10-27(11-13-29)23-34(47-38(53)30-14-18-32(19-15-30)42(2,3)4)39(54)48-35(40(55)56)24-36(52)49-41(50-43)51-44/h10-21,25-26,34-35H,5-9,22-24,43-44H2,1-4H3,(H,47,53)(H,48,54)(H,55,56)(H2,49,50,51,52)/t34?,35-/m0/s1. The van der Waals surface area contributed by atoms with E-state index in [0.29, 0.717) is 23.6 Å². The lowest BCUT2D eigenvalue weighted by molar-refractivity contribution is -0.143. The number of hydrazine groups is 1. The monoisotopic (exact) mass is 779 g/mol. The van der Waals surface area contributed by atoms with Gasteiger partial charge in [-0.2, -0.15) is 0 Å². The Morgan fingerprint density at radius 3 is 2.02 bits per heavy atom.